The van der Waals surface area contributed by atoms with E-state index in [1.54, 1.807) is 0 Å². The Balaban J connectivity index is 2.35. The van der Waals surface area contributed by atoms with Gasteiger partial charge < -0.3 is 9.84 Å². The number of aliphatic hydroxyl groups is 1. The molecule has 0 spiro atoms. The van der Waals surface area contributed by atoms with Crippen molar-refractivity contribution in [1.29, 1.82) is 0 Å². The summed E-state index contributed by atoms with van der Waals surface area (Å²) < 4.78 is 6.40. The van der Waals surface area contributed by atoms with E-state index in [1.165, 1.54) is 13.1 Å². The average Bonchev–Trinajstić information content (AvgIpc) is 2.77. The maximum absolute atomic E-state index is 11.6. The second-order valence-corrected chi connectivity index (χ2v) is 4.38. The lowest BCUT2D eigenvalue weighted by molar-refractivity contribution is -0.527. The number of aromatic nitrogens is 2. The molecule has 19 heavy (non-hydrogen) atoms. The molecule has 9 heteroatoms. The summed E-state index contributed by atoms with van der Waals surface area (Å²) in [6.45, 7) is 1.01. The fraction of sp³-hybridized carbons (Fsp3) is 0.600. The number of ether oxygens (including phenoxy) is 1. The first-order valence-electron chi connectivity index (χ1n) is 5.66. The van der Waals surface area contributed by atoms with Crippen molar-refractivity contribution in [2.75, 3.05) is 6.61 Å². The van der Waals surface area contributed by atoms with Crippen LogP contribution in [-0.4, -0.2) is 38.3 Å². The highest BCUT2D eigenvalue weighted by atomic mass is 16.6. The van der Waals surface area contributed by atoms with E-state index in [0.29, 0.717) is 5.56 Å². The van der Waals surface area contributed by atoms with E-state index < -0.39 is 41.2 Å². The molecular weight excluding hydrogens is 258 g/mol. The number of aryl methyl sites for hydroxylation is 1. The fourth-order valence-corrected chi connectivity index (χ4v) is 2.07. The van der Waals surface area contributed by atoms with Gasteiger partial charge in [0.05, 0.1) is 13.0 Å². The van der Waals surface area contributed by atoms with Crippen LogP contribution in [0.3, 0.4) is 0 Å². The van der Waals surface area contributed by atoms with E-state index in [4.69, 9.17) is 9.84 Å². The average molecular weight is 271 g/mol. The molecule has 104 valence electrons. The molecule has 0 radical (unpaired) electrons. The molecule has 1 fully saturated rings. The van der Waals surface area contributed by atoms with E-state index >= 15 is 0 Å². The molecular formula is C10H13N3O6. The summed E-state index contributed by atoms with van der Waals surface area (Å²) in [5.74, 6) is 0. The molecule has 0 saturated carbocycles. The minimum Gasteiger partial charge on any atom is -0.393 e. The number of H-pyrrole nitrogens is 1. The van der Waals surface area contributed by atoms with Gasteiger partial charge in [0.15, 0.2) is 6.10 Å². The van der Waals surface area contributed by atoms with Crippen molar-refractivity contribution in [2.24, 2.45) is 0 Å². The molecule has 3 atom stereocenters. The maximum Gasteiger partial charge on any atom is 0.330 e. The second kappa shape index (κ2) is 4.94. The Kier molecular flexibility index (Phi) is 3.49. The lowest BCUT2D eigenvalue weighted by Crippen LogP contribution is -2.33. The molecule has 1 saturated heterocycles. The fourth-order valence-electron chi connectivity index (χ4n) is 2.07. The Bertz CT molecular complexity index is 606. The lowest BCUT2D eigenvalue weighted by Gasteiger charge is -2.13. The topological polar surface area (TPSA) is 127 Å². The van der Waals surface area contributed by atoms with Crippen molar-refractivity contribution in [3.05, 3.63) is 42.7 Å². The van der Waals surface area contributed by atoms with Crippen LogP contribution in [0.1, 0.15) is 18.2 Å². The van der Waals surface area contributed by atoms with Gasteiger partial charge in [-0.1, -0.05) is 0 Å². The van der Waals surface area contributed by atoms with Gasteiger partial charge in [0, 0.05) is 16.7 Å². The van der Waals surface area contributed by atoms with E-state index in [-0.39, 0.29) is 6.42 Å². The molecule has 2 rings (SSSR count). The zero-order valence-corrected chi connectivity index (χ0v) is 10.1. The van der Waals surface area contributed by atoms with Gasteiger partial charge in [-0.3, -0.25) is 24.5 Å². The minimum atomic E-state index is -1.07. The van der Waals surface area contributed by atoms with Crippen molar-refractivity contribution in [3.8, 4) is 0 Å². The van der Waals surface area contributed by atoms with E-state index in [2.05, 4.69) is 4.98 Å². The van der Waals surface area contributed by atoms with Crippen molar-refractivity contribution in [3.63, 3.8) is 0 Å². The quantitative estimate of drug-likeness (QED) is 0.523. The third-order valence-electron chi connectivity index (χ3n) is 3.11. The maximum atomic E-state index is 11.6. The Morgan fingerprint density at radius 1 is 1.63 bits per heavy atom. The molecule has 1 unspecified atom stereocenters. The van der Waals surface area contributed by atoms with Crippen LogP contribution in [0.15, 0.2) is 15.8 Å². The summed E-state index contributed by atoms with van der Waals surface area (Å²) in [5, 5.41) is 19.9. The summed E-state index contributed by atoms with van der Waals surface area (Å²) in [6, 6.07) is -1.07. The predicted molar refractivity (Wildman–Crippen MR) is 62.5 cm³/mol. The third-order valence-corrected chi connectivity index (χ3v) is 3.11. The van der Waals surface area contributed by atoms with Crippen LogP contribution in [0.5, 0.6) is 0 Å². The lowest BCUT2D eigenvalue weighted by atomic mass is 10.1. The molecule has 1 aromatic heterocycles. The third kappa shape index (κ3) is 2.42. The molecule has 1 aliphatic rings. The number of nitrogens with zero attached hydrogens (tertiary/aromatic N) is 2. The van der Waals surface area contributed by atoms with Gasteiger partial charge >= 0.3 is 5.69 Å². The summed E-state index contributed by atoms with van der Waals surface area (Å²) in [5.41, 5.74) is -0.904. The second-order valence-electron chi connectivity index (χ2n) is 4.38. The number of hydrogen-bond acceptors (Lipinski definition) is 6. The SMILES string of the molecule is Cc1cn([C@H]2CC([N+](=O)[O-])[C@@H](CO)O2)c(=O)[nH]c1=O. The summed E-state index contributed by atoms with van der Waals surface area (Å²) in [7, 11) is 0. The summed E-state index contributed by atoms with van der Waals surface area (Å²) in [6.07, 6.45) is -0.568. The van der Waals surface area contributed by atoms with Gasteiger partial charge in [-0.25, -0.2) is 4.79 Å². The predicted octanol–water partition coefficient (Wildman–Crippen LogP) is -1.23. The molecule has 0 aliphatic carbocycles. The van der Waals surface area contributed by atoms with E-state index in [1.807, 2.05) is 0 Å². The number of nitrogens with one attached hydrogen (secondary N) is 1. The molecule has 1 aliphatic heterocycles. The number of aromatic amines is 1. The zero-order valence-electron chi connectivity index (χ0n) is 10.1. The smallest absolute Gasteiger partial charge is 0.330 e. The van der Waals surface area contributed by atoms with Gasteiger partial charge in [-0.05, 0) is 6.92 Å². The normalized spacial score (nSPS) is 26.5. The Hall–Kier alpha value is -2.00. The number of hydrogen-bond donors (Lipinski definition) is 2. The van der Waals surface area contributed by atoms with Gasteiger partial charge in [-0.2, -0.15) is 0 Å². The Morgan fingerprint density at radius 3 is 2.84 bits per heavy atom. The highest BCUT2D eigenvalue weighted by Gasteiger charge is 2.44. The largest absolute Gasteiger partial charge is 0.393 e. The van der Waals surface area contributed by atoms with E-state index in [9.17, 15) is 19.7 Å². The monoisotopic (exact) mass is 271 g/mol. The van der Waals surface area contributed by atoms with Gasteiger partial charge in [0.2, 0.25) is 6.04 Å². The van der Waals surface area contributed by atoms with Crippen LogP contribution in [0, 0.1) is 17.0 Å². The Labute approximate surface area is 106 Å². The van der Waals surface area contributed by atoms with Crippen LogP contribution in [0.25, 0.3) is 0 Å². The molecule has 0 bridgehead atoms. The summed E-state index contributed by atoms with van der Waals surface area (Å²) >= 11 is 0. The molecule has 1 aromatic rings. The minimum absolute atomic E-state index is 0.0381. The standard InChI is InChI=1S/C10H13N3O6/c1-5-3-12(10(16)11-9(5)15)8-2-6(13(17)18)7(4-14)19-8/h3,6-8,14H,2,4H2,1H3,(H,11,15,16)/t6?,7-,8-/m1/s1. The molecule has 0 amide bonds. The van der Waals surface area contributed by atoms with Crippen LogP contribution in [0.2, 0.25) is 0 Å². The van der Waals surface area contributed by atoms with E-state index in [0.717, 1.165) is 4.57 Å². The number of rotatable bonds is 3. The first-order valence-corrected chi connectivity index (χ1v) is 5.66. The van der Waals surface area contributed by atoms with Crippen molar-refractivity contribution >= 4 is 0 Å². The zero-order chi connectivity index (χ0) is 14.2. The molecule has 2 heterocycles. The van der Waals surface area contributed by atoms with Gasteiger partial charge in [-0.15, -0.1) is 0 Å². The van der Waals surface area contributed by atoms with Gasteiger partial charge in [0.1, 0.15) is 6.23 Å². The Morgan fingerprint density at radius 2 is 2.32 bits per heavy atom. The molecule has 2 N–H and O–H groups in total. The number of aliphatic hydroxyl groups excluding tert-OH is 1. The molecule has 9 nitrogen and oxygen atoms in total. The van der Waals surface area contributed by atoms with Crippen LogP contribution >= 0.6 is 0 Å². The number of nitro groups is 1. The van der Waals surface area contributed by atoms with Crippen LogP contribution < -0.4 is 11.2 Å². The van der Waals surface area contributed by atoms with Gasteiger partial charge in [0.25, 0.3) is 5.56 Å². The molecule has 0 aromatic carbocycles. The van der Waals surface area contributed by atoms with Crippen LogP contribution in [0.4, 0.5) is 0 Å². The summed E-state index contributed by atoms with van der Waals surface area (Å²) in [4.78, 5) is 35.3. The van der Waals surface area contributed by atoms with Crippen molar-refractivity contribution < 1.29 is 14.8 Å². The highest BCUT2D eigenvalue weighted by Crippen LogP contribution is 2.29. The highest BCUT2D eigenvalue weighted by molar-refractivity contribution is 5.02. The van der Waals surface area contributed by atoms with Crippen LogP contribution in [-0.2, 0) is 4.74 Å². The first kappa shape index (κ1) is 13.4. The first-order chi connectivity index (χ1) is 8.93. The van der Waals surface area contributed by atoms with Crippen molar-refractivity contribution in [1.82, 2.24) is 9.55 Å². The van der Waals surface area contributed by atoms with Crippen molar-refractivity contribution in [2.45, 2.75) is 31.7 Å².